The zero-order valence-corrected chi connectivity index (χ0v) is 22.5. The molecule has 1 aliphatic rings. The number of aryl methyl sites for hydroxylation is 1. The number of para-hydroxylation sites is 1. The van der Waals surface area contributed by atoms with Crippen LogP contribution in [0.2, 0.25) is 18.1 Å². The van der Waals surface area contributed by atoms with Crippen molar-refractivity contribution in [3.05, 3.63) is 23.8 Å². The van der Waals surface area contributed by atoms with E-state index in [-0.39, 0.29) is 23.0 Å². The van der Waals surface area contributed by atoms with Crippen molar-refractivity contribution in [2.75, 3.05) is 7.11 Å². The second-order valence-corrected chi connectivity index (χ2v) is 15.5. The number of carbonyl (C=O) groups excluding carboxylic acids is 1. The number of hydrogen-bond donors (Lipinski definition) is 1. The van der Waals surface area contributed by atoms with E-state index in [0.717, 1.165) is 17.7 Å². The fourth-order valence-electron chi connectivity index (χ4n) is 4.67. The van der Waals surface area contributed by atoms with Gasteiger partial charge in [0.15, 0.2) is 5.75 Å². The minimum absolute atomic E-state index is 0.0526. The number of ether oxygens (including phenoxy) is 2. The van der Waals surface area contributed by atoms with E-state index < -0.39 is 19.8 Å². The van der Waals surface area contributed by atoms with Gasteiger partial charge in [-0.3, -0.25) is 4.79 Å². The molecule has 0 aliphatic heterocycles. The lowest BCUT2D eigenvalue weighted by Crippen LogP contribution is -2.49. The Kier molecular flexibility index (Phi) is 8.64. The third-order valence-electron chi connectivity index (χ3n) is 7.62. The highest BCUT2D eigenvalue weighted by molar-refractivity contribution is 6.74. The molecule has 0 heterocycles. The predicted molar refractivity (Wildman–Crippen MR) is 132 cm³/mol. The molecule has 4 unspecified atom stereocenters. The summed E-state index contributed by atoms with van der Waals surface area (Å²) in [5.74, 6) is 0.826. The molecule has 1 aromatic rings. The SMILES string of the molecule is COc1c(CCC2C(OC(C)=O)CCCC2(C#N)C(C)O)cccc1O[Si](C)(C)C(C)(C)C. The van der Waals surface area contributed by atoms with E-state index in [1.165, 1.54) is 6.92 Å². The molecule has 2 rings (SSSR count). The Labute approximate surface area is 200 Å². The lowest BCUT2D eigenvalue weighted by Gasteiger charge is -2.45. The second kappa shape index (κ2) is 10.5. The first-order chi connectivity index (χ1) is 15.3. The molecule has 1 aliphatic carbocycles. The highest BCUT2D eigenvalue weighted by atomic mass is 28.4. The van der Waals surface area contributed by atoms with Crippen molar-refractivity contribution in [3.8, 4) is 17.6 Å². The molecule has 6 nitrogen and oxygen atoms in total. The normalized spacial score (nSPS) is 24.5. The van der Waals surface area contributed by atoms with Crippen molar-refractivity contribution in [3.63, 3.8) is 0 Å². The molecule has 7 heteroatoms. The summed E-state index contributed by atoms with van der Waals surface area (Å²) in [5, 5.41) is 20.7. The van der Waals surface area contributed by atoms with Gasteiger partial charge in [-0.1, -0.05) is 32.9 Å². The molecule has 4 atom stereocenters. The number of aliphatic hydroxyl groups is 1. The number of aliphatic hydroxyl groups excluding tert-OH is 1. The average Bonchev–Trinajstić information content (AvgIpc) is 2.71. The summed E-state index contributed by atoms with van der Waals surface area (Å²) in [6.45, 7) is 14.1. The van der Waals surface area contributed by atoms with E-state index in [0.29, 0.717) is 31.4 Å². The average molecular weight is 476 g/mol. The minimum atomic E-state index is -2.06. The first-order valence-electron chi connectivity index (χ1n) is 11.9. The molecule has 0 bridgehead atoms. The molecule has 0 aromatic heterocycles. The van der Waals surface area contributed by atoms with Crippen molar-refractivity contribution in [1.82, 2.24) is 0 Å². The summed E-state index contributed by atoms with van der Waals surface area (Å²) in [5.41, 5.74) is 0.0409. The van der Waals surface area contributed by atoms with E-state index in [1.54, 1.807) is 14.0 Å². The van der Waals surface area contributed by atoms with Gasteiger partial charge in [-0.15, -0.1) is 0 Å². The topological polar surface area (TPSA) is 88.8 Å². The molecule has 1 saturated carbocycles. The zero-order valence-electron chi connectivity index (χ0n) is 21.5. The Balaban J connectivity index is 2.37. The maximum Gasteiger partial charge on any atom is 0.302 e. The summed E-state index contributed by atoms with van der Waals surface area (Å²) in [6, 6.07) is 8.33. The van der Waals surface area contributed by atoms with Crippen LogP contribution >= 0.6 is 0 Å². The number of nitriles is 1. The monoisotopic (exact) mass is 475 g/mol. The summed E-state index contributed by atoms with van der Waals surface area (Å²) in [6.07, 6.45) is 2.05. The van der Waals surface area contributed by atoms with Gasteiger partial charge in [-0.2, -0.15) is 5.26 Å². The zero-order chi connectivity index (χ0) is 25.0. The van der Waals surface area contributed by atoms with Crippen molar-refractivity contribution in [2.45, 2.75) is 97.1 Å². The highest BCUT2D eigenvalue weighted by Gasteiger charge is 2.50. The predicted octanol–water partition coefficient (Wildman–Crippen LogP) is 5.63. The molecule has 33 heavy (non-hydrogen) atoms. The van der Waals surface area contributed by atoms with Crippen molar-refractivity contribution < 1.29 is 23.8 Å². The molecule has 0 saturated heterocycles. The third kappa shape index (κ3) is 5.91. The lowest BCUT2D eigenvalue weighted by atomic mass is 9.61. The highest BCUT2D eigenvalue weighted by Crippen LogP contribution is 2.48. The molecule has 0 amide bonds. The van der Waals surface area contributed by atoms with E-state index in [2.05, 4.69) is 39.9 Å². The Morgan fingerprint density at radius 1 is 1.36 bits per heavy atom. The smallest absolute Gasteiger partial charge is 0.302 e. The van der Waals surface area contributed by atoms with E-state index in [1.807, 2.05) is 18.2 Å². The number of carbonyl (C=O) groups is 1. The number of methoxy groups -OCH3 is 1. The molecular weight excluding hydrogens is 434 g/mol. The Morgan fingerprint density at radius 3 is 2.55 bits per heavy atom. The quantitative estimate of drug-likeness (QED) is 0.387. The van der Waals surface area contributed by atoms with E-state index >= 15 is 0 Å². The van der Waals surface area contributed by atoms with Crippen LogP contribution in [0.4, 0.5) is 0 Å². The molecule has 0 radical (unpaired) electrons. The van der Waals surface area contributed by atoms with Gasteiger partial charge in [0.1, 0.15) is 11.9 Å². The van der Waals surface area contributed by atoms with Gasteiger partial charge in [0.2, 0.25) is 0 Å². The molecule has 0 spiro atoms. The maximum atomic E-state index is 11.8. The Bertz CT molecular complexity index is 870. The van der Waals surface area contributed by atoms with Crippen molar-refractivity contribution >= 4 is 14.3 Å². The standard InChI is InChI=1S/C26H41NO5Si/c1-18(28)26(17-27)16-10-13-22(31-19(2)29)21(26)15-14-20-11-9-12-23(24(20)30-6)32-33(7,8)25(3,4)5/h9,11-12,18,21-22,28H,10,13-16H2,1-8H3. The van der Waals surface area contributed by atoms with Crippen molar-refractivity contribution in [2.24, 2.45) is 11.3 Å². The van der Waals surface area contributed by atoms with Crippen LogP contribution in [-0.4, -0.2) is 38.7 Å². The van der Waals surface area contributed by atoms with Crippen LogP contribution in [-0.2, 0) is 16.0 Å². The minimum Gasteiger partial charge on any atom is -0.541 e. The molecule has 184 valence electrons. The second-order valence-electron chi connectivity index (χ2n) is 10.8. The van der Waals surface area contributed by atoms with Crippen LogP contribution in [0.1, 0.15) is 65.9 Å². The van der Waals surface area contributed by atoms with Gasteiger partial charge in [0.25, 0.3) is 8.32 Å². The van der Waals surface area contributed by atoms with Gasteiger partial charge < -0.3 is 19.0 Å². The summed E-state index contributed by atoms with van der Waals surface area (Å²) >= 11 is 0. The summed E-state index contributed by atoms with van der Waals surface area (Å²) in [7, 11) is -0.410. The maximum absolute atomic E-state index is 11.8. The van der Waals surface area contributed by atoms with Crippen LogP contribution < -0.4 is 9.16 Å². The van der Waals surface area contributed by atoms with Crippen molar-refractivity contribution in [1.29, 1.82) is 5.26 Å². The van der Waals surface area contributed by atoms with Crippen LogP contribution in [0.3, 0.4) is 0 Å². The van der Waals surface area contributed by atoms with Crippen LogP contribution in [0.25, 0.3) is 0 Å². The largest absolute Gasteiger partial charge is 0.541 e. The van der Waals surface area contributed by atoms with Gasteiger partial charge >= 0.3 is 5.97 Å². The fourth-order valence-corrected chi connectivity index (χ4v) is 5.69. The lowest BCUT2D eigenvalue weighted by molar-refractivity contribution is -0.158. The fraction of sp³-hybridized carbons (Fsp3) is 0.692. The molecule has 1 fully saturated rings. The summed E-state index contributed by atoms with van der Waals surface area (Å²) < 4.78 is 18.0. The van der Waals surface area contributed by atoms with Crippen LogP contribution in [0, 0.1) is 22.7 Å². The number of benzene rings is 1. The Hall–Kier alpha value is -2.04. The molecular formula is C26H41NO5Si. The summed E-state index contributed by atoms with van der Waals surface area (Å²) in [4.78, 5) is 11.8. The van der Waals surface area contributed by atoms with Gasteiger partial charge in [-0.25, -0.2) is 0 Å². The van der Waals surface area contributed by atoms with E-state index in [9.17, 15) is 15.2 Å². The number of nitrogens with zero attached hydrogens (tertiary/aromatic N) is 1. The number of rotatable bonds is 8. The molecule has 1 aromatic carbocycles. The first kappa shape index (κ1) is 27.2. The van der Waals surface area contributed by atoms with Crippen LogP contribution in [0.15, 0.2) is 18.2 Å². The number of hydrogen-bond acceptors (Lipinski definition) is 6. The Morgan fingerprint density at radius 2 is 2.03 bits per heavy atom. The van der Waals surface area contributed by atoms with Crippen LogP contribution in [0.5, 0.6) is 11.5 Å². The number of esters is 1. The van der Waals surface area contributed by atoms with Gasteiger partial charge in [0, 0.05) is 12.8 Å². The van der Waals surface area contributed by atoms with E-state index in [4.69, 9.17) is 13.9 Å². The van der Waals surface area contributed by atoms with Gasteiger partial charge in [0.05, 0.1) is 24.7 Å². The van der Waals surface area contributed by atoms with Gasteiger partial charge in [-0.05, 0) is 68.8 Å². The molecule has 1 N–H and O–H groups in total. The third-order valence-corrected chi connectivity index (χ3v) is 12.0. The first-order valence-corrected chi connectivity index (χ1v) is 14.8.